The fourth-order valence-electron chi connectivity index (χ4n) is 3.39. The van der Waals surface area contributed by atoms with Crippen LogP contribution >= 0.6 is 11.3 Å². The lowest BCUT2D eigenvalue weighted by atomic mass is 10.1. The maximum Gasteiger partial charge on any atom is 0.277 e. The van der Waals surface area contributed by atoms with E-state index >= 15 is 0 Å². The molecule has 0 amide bonds. The third-order valence-corrected chi connectivity index (χ3v) is 5.93. The number of methoxy groups -OCH3 is 2. The number of hydrogen-bond acceptors (Lipinski definition) is 6. The number of hydrogen-bond donors (Lipinski definition) is 0. The van der Waals surface area contributed by atoms with Gasteiger partial charge >= 0.3 is 0 Å². The quantitative estimate of drug-likeness (QED) is 0.496. The molecule has 0 spiro atoms. The number of aryl methyl sites for hydroxylation is 1. The van der Waals surface area contributed by atoms with E-state index in [1.807, 2.05) is 36.4 Å². The largest absolute Gasteiger partial charge is 0.493 e. The van der Waals surface area contributed by atoms with E-state index in [0.29, 0.717) is 38.7 Å². The Labute approximate surface area is 176 Å². The monoisotopic (exact) mass is 420 g/mol. The maximum absolute atomic E-state index is 13.1. The van der Waals surface area contributed by atoms with Gasteiger partial charge in [0.05, 0.1) is 18.8 Å². The highest BCUT2D eigenvalue weighted by Gasteiger charge is 2.15. The van der Waals surface area contributed by atoms with Gasteiger partial charge in [0.25, 0.3) is 11.1 Å². The first-order valence-electron chi connectivity index (χ1n) is 9.34. The van der Waals surface area contributed by atoms with Gasteiger partial charge in [-0.15, -0.1) is 0 Å². The molecule has 30 heavy (non-hydrogen) atoms. The number of ether oxygens (including phenoxy) is 2. The Hall–Kier alpha value is -3.45. The predicted molar refractivity (Wildman–Crippen MR) is 118 cm³/mol. The first-order valence-corrected chi connectivity index (χ1v) is 10.2. The minimum atomic E-state index is -0.296. The molecule has 2 aromatic heterocycles. The SMILES string of the molecule is COc1ccc(C=c2sc3nc(=O)c(Cc4ccccc4)c(C)n3c2=O)cc1OC. The van der Waals surface area contributed by atoms with Gasteiger partial charge in [-0.3, -0.25) is 14.0 Å². The molecule has 0 radical (unpaired) electrons. The summed E-state index contributed by atoms with van der Waals surface area (Å²) in [6.45, 7) is 1.79. The average Bonchev–Trinajstić information content (AvgIpc) is 3.06. The van der Waals surface area contributed by atoms with Crippen molar-refractivity contribution in [1.29, 1.82) is 0 Å². The van der Waals surface area contributed by atoms with E-state index in [4.69, 9.17) is 9.47 Å². The van der Waals surface area contributed by atoms with Gasteiger partial charge in [0.15, 0.2) is 11.5 Å². The molecule has 4 rings (SSSR count). The topological polar surface area (TPSA) is 69.9 Å². The van der Waals surface area contributed by atoms with Crippen molar-refractivity contribution in [1.82, 2.24) is 9.38 Å². The molecule has 0 aliphatic carbocycles. The minimum Gasteiger partial charge on any atom is -0.493 e. The van der Waals surface area contributed by atoms with Gasteiger partial charge < -0.3 is 9.47 Å². The van der Waals surface area contributed by atoms with Crippen LogP contribution in [-0.4, -0.2) is 23.6 Å². The number of fused-ring (bicyclic) bond motifs is 1. The highest BCUT2D eigenvalue weighted by Crippen LogP contribution is 2.27. The van der Waals surface area contributed by atoms with Crippen molar-refractivity contribution in [2.75, 3.05) is 14.2 Å². The molecule has 2 aromatic carbocycles. The molecule has 0 unspecified atom stereocenters. The lowest BCUT2D eigenvalue weighted by Crippen LogP contribution is -2.27. The number of aromatic nitrogens is 2. The van der Waals surface area contributed by atoms with Gasteiger partial charge in [-0.25, -0.2) is 0 Å². The summed E-state index contributed by atoms with van der Waals surface area (Å²) in [6.07, 6.45) is 2.20. The van der Waals surface area contributed by atoms with Crippen molar-refractivity contribution in [3.63, 3.8) is 0 Å². The Morgan fingerprint density at radius 3 is 2.47 bits per heavy atom. The highest BCUT2D eigenvalue weighted by molar-refractivity contribution is 7.15. The Morgan fingerprint density at radius 2 is 1.77 bits per heavy atom. The van der Waals surface area contributed by atoms with Crippen molar-refractivity contribution in [3.8, 4) is 11.5 Å². The van der Waals surface area contributed by atoms with E-state index in [-0.39, 0.29) is 11.1 Å². The zero-order chi connectivity index (χ0) is 21.3. The summed E-state index contributed by atoms with van der Waals surface area (Å²) in [5.74, 6) is 1.19. The van der Waals surface area contributed by atoms with E-state index in [2.05, 4.69) is 4.98 Å². The van der Waals surface area contributed by atoms with Crippen molar-refractivity contribution < 1.29 is 9.47 Å². The summed E-state index contributed by atoms with van der Waals surface area (Å²) < 4.78 is 12.6. The van der Waals surface area contributed by atoms with Crippen molar-refractivity contribution >= 4 is 22.4 Å². The number of rotatable bonds is 5. The predicted octanol–water partition coefficient (Wildman–Crippen LogP) is 2.58. The molecular formula is C23H20N2O4S. The number of benzene rings is 2. The summed E-state index contributed by atoms with van der Waals surface area (Å²) in [4.78, 5) is 30.3. The summed E-state index contributed by atoms with van der Waals surface area (Å²) in [6, 6.07) is 15.1. The summed E-state index contributed by atoms with van der Waals surface area (Å²) >= 11 is 1.20. The van der Waals surface area contributed by atoms with E-state index in [9.17, 15) is 9.59 Å². The van der Waals surface area contributed by atoms with Crippen LogP contribution in [0, 0.1) is 6.92 Å². The Balaban J connectivity index is 1.85. The van der Waals surface area contributed by atoms with Crippen LogP contribution in [0.1, 0.15) is 22.4 Å². The van der Waals surface area contributed by atoms with Crippen LogP contribution in [-0.2, 0) is 6.42 Å². The molecule has 0 N–H and O–H groups in total. The van der Waals surface area contributed by atoms with Crippen LogP contribution in [0.25, 0.3) is 11.0 Å². The first kappa shape index (κ1) is 19.8. The summed E-state index contributed by atoms with van der Waals surface area (Å²) in [5, 5.41) is 0. The molecule has 0 aliphatic heterocycles. The fraction of sp³-hybridized carbons (Fsp3) is 0.174. The highest BCUT2D eigenvalue weighted by atomic mass is 32.1. The fourth-order valence-corrected chi connectivity index (χ4v) is 4.40. The van der Waals surface area contributed by atoms with Gasteiger partial charge in [0, 0.05) is 17.7 Å². The zero-order valence-corrected chi connectivity index (χ0v) is 17.7. The molecular weight excluding hydrogens is 400 g/mol. The molecule has 0 fully saturated rings. The van der Waals surface area contributed by atoms with Crippen molar-refractivity contribution in [3.05, 3.63) is 96.2 Å². The second kappa shape index (κ2) is 8.12. The van der Waals surface area contributed by atoms with Crippen LogP contribution in [0.15, 0.2) is 58.1 Å². The lowest BCUT2D eigenvalue weighted by Gasteiger charge is -2.07. The molecule has 2 heterocycles. The zero-order valence-electron chi connectivity index (χ0n) is 16.8. The first-order chi connectivity index (χ1) is 14.5. The Kier molecular flexibility index (Phi) is 5.37. The molecule has 0 saturated carbocycles. The Morgan fingerprint density at radius 1 is 1.03 bits per heavy atom. The van der Waals surface area contributed by atoms with Crippen molar-refractivity contribution in [2.45, 2.75) is 13.3 Å². The van der Waals surface area contributed by atoms with Crippen LogP contribution in [0.5, 0.6) is 11.5 Å². The molecule has 0 aliphatic rings. The van der Waals surface area contributed by atoms with E-state index in [1.54, 1.807) is 39.4 Å². The molecule has 0 saturated heterocycles. The van der Waals surface area contributed by atoms with E-state index < -0.39 is 0 Å². The third-order valence-electron chi connectivity index (χ3n) is 4.96. The summed E-state index contributed by atoms with van der Waals surface area (Å²) in [5.41, 5.74) is 2.47. The van der Waals surface area contributed by atoms with Crippen LogP contribution in [0.2, 0.25) is 0 Å². The lowest BCUT2D eigenvalue weighted by molar-refractivity contribution is 0.355. The second-order valence-electron chi connectivity index (χ2n) is 6.79. The molecule has 152 valence electrons. The number of thiazole rings is 1. The van der Waals surface area contributed by atoms with Crippen LogP contribution in [0.4, 0.5) is 0 Å². The van der Waals surface area contributed by atoms with E-state index in [1.165, 1.54) is 15.7 Å². The summed E-state index contributed by atoms with van der Waals surface area (Å²) in [7, 11) is 3.13. The molecule has 4 aromatic rings. The van der Waals surface area contributed by atoms with Gasteiger partial charge in [-0.2, -0.15) is 4.98 Å². The smallest absolute Gasteiger partial charge is 0.277 e. The standard InChI is InChI=1S/C23H20N2O4S/c1-14-17(11-15-7-5-4-6-8-15)21(26)24-23-25(14)22(27)20(30-23)13-16-9-10-18(28-2)19(12-16)29-3/h4-10,12-13H,11H2,1-3H3. The molecule has 7 heteroatoms. The third kappa shape index (κ3) is 3.59. The Bertz CT molecular complexity index is 1390. The molecule has 0 bridgehead atoms. The average molecular weight is 420 g/mol. The number of nitrogens with zero attached hydrogens (tertiary/aromatic N) is 2. The van der Waals surface area contributed by atoms with E-state index in [0.717, 1.165) is 11.1 Å². The van der Waals surface area contributed by atoms with Crippen LogP contribution < -0.4 is 25.1 Å². The minimum absolute atomic E-state index is 0.191. The van der Waals surface area contributed by atoms with Crippen LogP contribution in [0.3, 0.4) is 0 Å². The van der Waals surface area contributed by atoms with Gasteiger partial charge in [0.2, 0.25) is 4.96 Å². The van der Waals surface area contributed by atoms with Crippen molar-refractivity contribution in [2.24, 2.45) is 0 Å². The van der Waals surface area contributed by atoms with Gasteiger partial charge in [0.1, 0.15) is 0 Å². The van der Waals surface area contributed by atoms with Gasteiger partial charge in [-0.05, 0) is 36.3 Å². The molecule has 0 atom stereocenters. The van der Waals surface area contributed by atoms with Gasteiger partial charge in [-0.1, -0.05) is 47.7 Å². The normalized spacial score (nSPS) is 11.8. The maximum atomic E-state index is 13.1. The second-order valence-corrected chi connectivity index (χ2v) is 7.80. The molecule has 6 nitrogen and oxygen atoms in total.